The second kappa shape index (κ2) is 7.53. The summed E-state index contributed by atoms with van der Waals surface area (Å²) in [7, 11) is 0. The Bertz CT molecular complexity index is 470. The molecule has 2 amide bonds. The molecule has 0 aliphatic rings. The van der Waals surface area contributed by atoms with Gasteiger partial charge in [-0.15, -0.1) is 0 Å². The van der Waals surface area contributed by atoms with Gasteiger partial charge in [-0.05, 0) is 32.4 Å². The molecule has 1 aromatic carbocycles. The third kappa shape index (κ3) is 4.26. The Kier molecular flexibility index (Phi) is 6.03. The molecule has 0 aliphatic heterocycles. The molecule has 1 atom stereocenters. The summed E-state index contributed by atoms with van der Waals surface area (Å²) in [6.45, 7) is 7.02. The zero-order chi connectivity index (χ0) is 15.1. The molecule has 0 aromatic heterocycles. The number of hydrogen-bond acceptors (Lipinski definition) is 3. The number of nitrogens with zero attached hydrogens (tertiary/aromatic N) is 1. The molecule has 0 heterocycles. The first-order valence-electron chi connectivity index (χ1n) is 6.88. The summed E-state index contributed by atoms with van der Waals surface area (Å²) in [6, 6.07) is 6.91. The van der Waals surface area contributed by atoms with E-state index in [0.29, 0.717) is 13.1 Å². The molecule has 1 rings (SSSR count). The van der Waals surface area contributed by atoms with Crippen molar-refractivity contribution in [3.05, 3.63) is 29.8 Å². The van der Waals surface area contributed by atoms with Crippen LogP contribution >= 0.6 is 0 Å². The maximum absolute atomic E-state index is 12.1. The zero-order valence-electron chi connectivity index (χ0n) is 12.3. The van der Waals surface area contributed by atoms with Gasteiger partial charge in [0.05, 0.1) is 6.42 Å². The maximum Gasteiger partial charge on any atom is 0.240 e. The van der Waals surface area contributed by atoms with Crippen LogP contribution in [0.1, 0.15) is 25.8 Å². The number of carbonyl (C=O) groups excluding carboxylic acids is 2. The lowest BCUT2D eigenvalue weighted by Crippen LogP contribution is -2.41. The highest BCUT2D eigenvalue weighted by Crippen LogP contribution is 2.15. The second-order valence-corrected chi connectivity index (χ2v) is 4.68. The van der Waals surface area contributed by atoms with Crippen LogP contribution in [0.15, 0.2) is 24.3 Å². The number of amides is 2. The number of primary amides is 1. The van der Waals surface area contributed by atoms with E-state index < -0.39 is 11.9 Å². The summed E-state index contributed by atoms with van der Waals surface area (Å²) in [4.78, 5) is 25.3. The van der Waals surface area contributed by atoms with Crippen LogP contribution in [0.3, 0.4) is 0 Å². The number of aryl methyl sites for hydroxylation is 1. The molecule has 0 bridgehead atoms. The minimum atomic E-state index is -0.691. The average Bonchev–Trinajstić information content (AvgIpc) is 2.41. The Morgan fingerprint density at radius 2 is 1.85 bits per heavy atom. The lowest BCUT2D eigenvalue weighted by Gasteiger charge is -2.23. The SMILES string of the molecule is CCN(CC)C(=O)CC(Nc1ccccc1C)C(N)=O. The molecular formula is C15H23N3O2. The van der Waals surface area contributed by atoms with Gasteiger partial charge < -0.3 is 16.0 Å². The van der Waals surface area contributed by atoms with E-state index in [9.17, 15) is 9.59 Å². The van der Waals surface area contributed by atoms with Gasteiger partial charge in [-0.1, -0.05) is 18.2 Å². The highest BCUT2D eigenvalue weighted by atomic mass is 16.2. The molecule has 5 heteroatoms. The lowest BCUT2D eigenvalue weighted by atomic mass is 10.1. The molecule has 0 saturated heterocycles. The number of para-hydroxylation sites is 1. The number of carbonyl (C=O) groups is 2. The van der Waals surface area contributed by atoms with Gasteiger partial charge in [0.1, 0.15) is 6.04 Å². The molecule has 1 unspecified atom stereocenters. The van der Waals surface area contributed by atoms with Crippen molar-refractivity contribution in [2.75, 3.05) is 18.4 Å². The Labute approximate surface area is 120 Å². The van der Waals surface area contributed by atoms with Crippen LogP contribution in [0.2, 0.25) is 0 Å². The third-order valence-corrected chi connectivity index (χ3v) is 3.31. The van der Waals surface area contributed by atoms with Gasteiger partial charge in [-0.2, -0.15) is 0 Å². The number of nitrogens with one attached hydrogen (secondary N) is 1. The molecule has 5 nitrogen and oxygen atoms in total. The van der Waals surface area contributed by atoms with Crippen LogP contribution in [0.25, 0.3) is 0 Å². The zero-order valence-corrected chi connectivity index (χ0v) is 12.3. The smallest absolute Gasteiger partial charge is 0.240 e. The Morgan fingerprint density at radius 3 is 2.35 bits per heavy atom. The summed E-state index contributed by atoms with van der Waals surface area (Å²) in [6.07, 6.45) is 0.0747. The van der Waals surface area contributed by atoms with Gasteiger partial charge in [0, 0.05) is 18.8 Å². The van der Waals surface area contributed by atoms with E-state index in [1.54, 1.807) is 4.90 Å². The minimum absolute atomic E-state index is 0.0696. The second-order valence-electron chi connectivity index (χ2n) is 4.68. The van der Waals surface area contributed by atoms with Crippen molar-refractivity contribution in [3.8, 4) is 0 Å². The normalized spacial score (nSPS) is 11.8. The molecule has 3 N–H and O–H groups in total. The Hall–Kier alpha value is -2.04. The highest BCUT2D eigenvalue weighted by Gasteiger charge is 2.22. The van der Waals surface area contributed by atoms with Crippen LogP contribution in [0.5, 0.6) is 0 Å². The van der Waals surface area contributed by atoms with Crippen LogP contribution in [-0.2, 0) is 9.59 Å². The van der Waals surface area contributed by atoms with Crippen molar-refractivity contribution in [1.82, 2.24) is 4.90 Å². The van der Waals surface area contributed by atoms with E-state index in [1.807, 2.05) is 45.0 Å². The fraction of sp³-hybridized carbons (Fsp3) is 0.467. The number of hydrogen-bond donors (Lipinski definition) is 2. The van der Waals surface area contributed by atoms with Crippen molar-refractivity contribution in [2.24, 2.45) is 5.73 Å². The Morgan fingerprint density at radius 1 is 1.25 bits per heavy atom. The lowest BCUT2D eigenvalue weighted by molar-refractivity contribution is -0.133. The van der Waals surface area contributed by atoms with Gasteiger partial charge in [0.15, 0.2) is 0 Å². The largest absolute Gasteiger partial charge is 0.373 e. The van der Waals surface area contributed by atoms with Crippen molar-refractivity contribution in [1.29, 1.82) is 0 Å². The first-order valence-corrected chi connectivity index (χ1v) is 6.88. The van der Waals surface area contributed by atoms with Crippen molar-refractivity contribution in [2.45, 2.75) is 33.2 Å². The Balaban J connectivity index is 2.78. The van der Waals surface area contributed by atoms with Crippen molar-refractivity contribution in [3.63, 3.8) is 0 Å². The minimum Gasteiger partial charge on any atom is -0.373 e. The molecule has 0 fully saturated rings. The fourth-order valence-electron chi connectivity index (χ4n) is 2.03. The number of nitrogens with two attached hydrogens (primary N) is 1. The molecule has 110 valence electrons. The summed E-state index contributed by atoms with van der Waals surface area (Å²) < 4.78 is 0. The van der Waals surface area contributed by atoms with Crippen LogP contribution < -0.4 is 11.1 Å². The van der Waals surface area contributed by atoms with E-state index in [4.69, 9.17) is 5.73 Å². The van der Waals surface area contributed by atoms with Crippen molar-refractivity contribution < 1.29 is 9.59 Å². The standard InChI is InChI=1S/C15H23N3O2/c1-4-18(5-2)14(19)10-13(15(16)20)17-12-9-7-6-8-11(12)3/h6-9,13,17H,4-5,10H2,1-3H3,(H2,16,20). The summed E-state index contributed by atoms with van der Waals surface area (Å²) in [5, 5.41) is 3.06. The van der Waals surface area contributed by atoms with E-state index in [0.717, 1.165) is 11.3 Å². The van der Waals surface area contributed by atoms with Crippen LogP contribution in [0, 0.1) is 6.92 Å². The first kappa shape index (κ1) is 16.0. The molecular weight excluding hydrogens is 254 g/mol. The quantitative estimate of drug-likeness (QED) is 0.793. The van der Waals surface area contributed by atoms with Gasteiger partial charge >= 0.3 is 0 Å². The predicted molar refractivity (Wildman–Crippen MR) is 80.3 cm³/mol. The number of benzene rings is 1. The van der Waals surface area contributed by atoms with E-state index in [2.05, 4.69) is 5.32 Å². The topological polar surface area (TPSA) is 75.4 Å². The van der Waals surface area contributed by atoms with E-state index >= 15 is 0 Å². The van der Waals surface area contributed by atoms with Gasteiger partial charge in [-0.25, -0.2) is 0 Å². The number of anilines is 1. The fourth-order valence-corrected chi connectivity index (χ4v) is 2.03. The van der Waals surface area contributed by atoms with E-state index in [-0.39, 0.29) is 12.3 Å². The molecule has 0 radical (unpaired) electrons. The monoisotopic (exact) mass is 277 g/mol. The predicted octanol–water partition coefficient (Wildman–Crippen LogP) is 1.52. The first-order chi connectivity index (χ1) is 9.49. The van der Waals surface area contributed by atoms with E-state index in [1.165, 1.54) is 0 Å². The molecule has 20 heavy (non-hydrogen) atoms. The van der Waals surface area contributed by atoms with Crippen LogP contribution in [-0.4, -0.2) is 35.8 Å². The third-order valence-electron chi connectivity index (χ3n) is 3.31. The van der Waals surface area contributed by atoms with Gasteiger partial charge in [0.25, 0.3) is 0 Å². The highest BCUT2D eigenvalue weighted by molar-refractivity contribution is 5.89. The van der Waals surface area contributed by atoms with Gasteiger partial charge in [-0.3, -0.25) is 9.59 Å². The summed E-state index contributed by atoms with van der Waals surface area (Å²) >= 11 is 0. The molecule has 1 aromatic rings. The molecule has 0 spiro atoms. The molecule has 0 aliphatic carbocycles. The maximum atomic E-state index is 12.1. The summed E-state index contributed by atoms with van der Waals surface area (Å²) in [5.74, 6) is -0.589. The van der Waals surface area contributed by atoms with Crippen molar-refractivity contribution >= 4 is 17.5 Å². The average molecular weight is 277 g/mol. The van der Waals surface area contributed by atoms with Gasteiger partial charge in [0.2, 0.25) is 11.8 Å². The number of rotatable bonds is 7. The summed E-state index contributed by atoms with van der Waals surface area (Å²) in [5.41, 5.74) is 7.22. The molecule has 0 saturated carbocycles. The van der Waals surface area contributed by atoms with Crippen LogP contribution in [0.4, 0.5) is 5.69 Å².